The number of nitrogens with one attached hydrogen (secondary N) is 1. The molecule has 0 radical (unpaired) electrons. The fraction of sp³-hybridized carbons (Fsp3) is 0.538. The second-order valence-electron chi connectivity index (χ2n) is 4.68. The molecule has 0 aliphatic heterocycles. The van der Waals surface area contributed by atoms with Gasteiger partial charge in [-0.25, -0.2) is 9.37 Å². The molecule has 106 valence electrons. The molecule has 0 bridgehead atoms. The van der Waals surface area contributed by atoms with Crippen molar-refractivity contribution in [2.45, 2.75) is 26.3 Å². The summed E-state index contributed by atoms with van der Waals surface area (Å²) in [6.45, 7) is 5.61. The second kappa shape index (κ2) is 7.40. The smallest absolute Gasteiger partial charge is 0.254 e. The number of hydrogen-bond acceptors (Lipinski definition) is 3. The summed E-state index contributed by atoms with van der Waals surface area (Å²) in [7, 11) is 2.03. The number of nitrogens with zero attached hydrogens (tertiary/aromatic N) is 2. The van der Waals surface area contributed by atoms with Crippen LogP contribution in [0.5, 0.6) is 0 Å². The van der Waals surface area contributed by atoms with Crippen molar-refractivity contribution < 1.29 is 9.18 Å². The third-order valence-corrected chi connectivity index (χ3v) is 3.21. The average Bonchev–Trinajstić information content (AvgIpc) is 2.36. The van der Waals surface area contributed by atoms with Crippen LogP contribution in [0.3, 0.4) is 0 Å². The van der Waals surface area contributed by atoms with Gasteiger partial charge in [-0.15, -0.1) is 0 Å². The number of pyridine rings is 1. The SMILES string of the molecule is CC(C)N(C)CCCNC(=O)c1cc(F)cnc1Cl. The fourth-order valence-electron chi connectivity index (χ4n) is 1.47. The maximum atomic E-state index is 13.0. The minimum atomic E-state index is -0.575. The van der Waals surface area contributed by atoms with Crippen LogP contribution in [0.25, 0.3) is 0 Å². The van der Waals surface area contributed by atoms with E-state index in [0.717, 1.165) is 25.2 Å². The zero-order valence-corrected chi connectivity index (χ0v) is 12.2. The lowest BCUT2D eigenvalue weighted by Gasteiger charge is -2.20. The summed E-state index contributed by atoms with van der Waals surface area (Å²) in [5.74, 6) is -0.974. The molecular formula is C13H19ClFN3O. The number of amides is 1. The number of rotatable bonds is 6. The van der Waals surface area contributed by atoms with Crippen LogP contribution in [-0.2, 0) is 0 Å². The van der Waals surface area contributed by atoms with Crippen LogP contribution >= 0.6 is 11.6 Å². The third-order valence-electron chi connectivity index (χ3n) is 2.91. The van der Waals surface area contributed by atoms with E-state index in [1.165, 1.54) is 0 Å². The Balaban J connectivity index is 2.41. The summed E-state index contributed by atoms with van der Waals surface area (Å²) in [6.07, 6.45) is 1.80. The van der Waals surface area contributed by atoms with Crippen LogP contribution < -0.4 is 5.32 Å². The van der Waals surface area contributed by atoms with Gasteiger partial charge >= 0.3 is 0 Å². The first kappa shape index (κ1) is 15.9. The first-order valence-corrected chi connectivity index (χ1v) is 6.59. The monoisotopic (exact) mass is 287 g/mol. The minimum Gasteiger partial charge on any atom is -0.352 e. The molecule has 1 heterocycles. The Morgan fingerprint density at radius 1 is 1.58 bits per heavy atom. The van der Waals surface area contributed by atoms with Gasteiger partial charge < -0.3 is 10.2 Å². The van der Waals surface area contributed by atoms with Crippen molar-refractivity contribution in [3.05, 3.63) is 28.8 Å². The van der Waals surface area contributed by atoms with Gasteiger partial charge in [0.15, 0.2) is 0 Å². The van der Waals surface area contributed by atoms with Gasteiger partial charge in [-0.2, -0.15) is 0 Å². The summed E-state index contributed by atoms with van der Waals surface area (Å²) >= 11 is 5.75. The van der Waals surface area contributed by atoms with Crippen molar-refractivity contribution >= 4 is 17.5 Å². The van der Waals surface area contributed by atoms with Crippen LogP contribution in [0, 0.1) is 5.82 Å². The highest BCUT2D eigenvalue weighted by Gasteiger charge is 2.12. The first-order chi connectivity index (χ1) is 8.91. The van der Waals surface area contributed by atoms with Gasteiger partial charge in [0.05, 0.1) is 11.8 Å². The third kappa shape index (κ3) is 5.12. The number of halogens is 2. The largest absolute Gasteiger partial charge is 0.352 e. The molecule has 0 unspecified atom stereocenters. The topological polar surface area (TPSA) is 45.2 Å². The Morgan fingerprint density at radius 3 is 2.89 bits per heavy atom. The van der Waals surface area contributed by atoms with Crippen LogP contribution in [-0.4, -0.2) is 42.0 Å². The van der Waals surface area contributed by atoms with Gasteiger partial charge in [0.25, 0.3) is 5.91 Å². The highest BCUT2D eigenvalue weighted by atomic mass is 35.5. The Kier molecular flexibility index (Phi) is 6.18. The fourth-order valence-corrected chi connectivity index (χ4v) is 1.65. The molecule has 4 nitrogen and oxygen atoms in total. The molecule has 0 saturated heterocycles. The van der Waals surface area contributed by atoms with Gasteiger partial charge in [-0.1, -0.05) is 11.6 Å². The highest BCUT2D eigenvalue weighted by Crippen LogP contribution is 2.13. The predicted molar refractivity (Wildman–Crippen MR) is 73.9 cm³/mol. The number of hydrogen-bond donors (Lipinski definition) is 1. The van der Waals surface area contributed by atoms with Gasteiger partial charge in [-0.05, 0) is 39.9 Å². The second-order valence-corrected chi connectivity index (χ2v) is 5.03. The molecule has 0 fully saturated rings. The van der Waals surface area contributed by atoms with E-state index < -0.39 is 11.7 Å². The highest BCUT2D eigenvalue weighted by molar-refractivity contribution is 6.32. The Bertz CT molecular complexity index is 440. The Hall–Kier alpha value is -1.20. The maximum absolute atomic E-state index is 13.0. The van der Waals surface area contributed by atoms with Crippen LogP contribution in [0.2, 0.25) is 5.15 Å². The van der Waals surface area contributed by atoms with E-state index in [4.69, 9.17) is 11.6 Å². The first-order valence-electron chi connectivity index (χ1n) is 6.21. The van der Waals surface area contributed by atoms with Crippen molar-refractivity contribution in [3.8, 4) is 0 Å². The lowest BCUT2D eigenvalue weighted by atomic mass is 10.2. The summed E-state index contributed by atoms with van der Waals surface area (Å²) in [5, 5.41) is 2.72. The zero-order chi connectivity index (χ0) is 14.4. The molecule has 1 N–H and O–H groups in total. The molecule has 0 aliphatic rings. The standard InChI is InChI=1S/C13H19ClFN3O/c1-9(2)18(3)6-4-5-16-13(19)11-7-10(15)8-17-12(11)14/h7-9H,4-6H2,1-3H3,(H,16,19). The molecule has 0 atom stereocenters. The lowest BCUT2D eigenvalue weighted by molar-refractivity contribution is 0.0951. The number of carbonyl (C=O) groups is 1. The van der Waals surface area contributed by atoms with E-state index >= 15 is 0 Å². The molecule has 1 amide bonds. The van der Waals surface area contributed by atoms with E-state index in [1.54, 1.807) is 0 Å². The summed E-state index contributed by atoms with van der Waals surface area (Å²) in [4.78, 5) is 17.6. The molecule has 1 aromatic heterocycles. The Labute approximate surface area is 118 Å². The van der Waals surface area contributed by atoms with Gasteiger partial charge in [-0.3, -0.25) is 4.79 Å². The van der Waals surface area contributed by atoms with Crippen molar-refractivity contribution in [2.24, 2.45) is 0 Å². The van der Waals surface area contributed by atoms with Gasteiger partial charge in [0.1, 0.15) is 11.0 Å². The normalized spacial score (nSPS) is 11.1. The summed E-state index contributed by atoms with van der Waals surface area (Å²) in [6, 6.07) is 1.56. The molecule has 0 aromatic carbocycles. The number of carbonyl (C=O) groups excluding carboxylic acids is 1. The molecule has 19 heavy (non-hydrogen) atoms. The molecule has 1 rings (SSSR count). The lowest BCUT2D eigenvalue weighted by Crippen LogP contribution is -2.31. The summed E-state index contributed by atoms with van der Waals surface area (Å²) < 4.78 is 13.0. The molecule has 6 heteroatoms. The van der Waals surface area contributed by atoms with Crippen molar-refractivity contribution in [1.82, 2.24) is 15.2 Å². The van der Waals surface area contributed by atoms with Gasteiger partial charge in [0, 0.05) is 12.6 Å². The predicted octanol–water partition coefficient (Wildman–Crippen LogP) is 2.33. The summed E-state index contributed by atoms with van der Waals surface area (Å²) in [5.41, 5.74) is 0.0684. The molecular weight excluding hydrogens is 269 g/mol. The van der Waals surface area contributed by atoms with Crippen molar-refractivity contribution in [2.75, 3.05) is 20.1 Å². The van der Waals surface area contributed by atoms with Gasteiger partial charge in [0.2, 0.25) is 0 Å². The number of aromatic nitrogens is 1. The average molecular weight is 288 g/mol. The molecule has 0 spiro atoms. The van der Waals surface area contributed by atoms with E-state index in [1.807, 2.05) is 7.05 Å². The van der Waals surface area contributed by atoms with E-state index in [9.17, 15) is 9.18 Å². The van der Waals surface area contributed by atoms with E-state index in [-0.39, 0.29) is 10.7 Å². The maximum Gasteiger partial charge on any atom is 0.254 e. The van der Waals surface area contributed by atoms with E-state index in [0.29, 0.717) is 12.6 Å². The Morgan fingerprint density at radius 2 is 2.26 bits per heavy atom. The molecule has 0 saturated carbocycles. The van der Waals surface area contributed by atoms with Crippen LogP contribution in [0.15, 0.2) is 12.3 Å². The van der Waals surface area contributed by atoms with Crippen LogP contribution in [0.4, 0.5) is 4.39 Å². The zero-order valence-electron chi connectivity index (χ0n) is 11.4. The van der Waals surface area contributed by atoms with Crippen LogP contribution in [0.1, 0.15) is 30.6 Å². The van der Waals surface area contributed by atoms with E-state index in [2.05, 4.69) is 29.0 Å². The van der Waals surface area contributed by atoms with Crippen molar-refractivity contribution in [3.63, 3.8) is 0 Å². The minimum absolute atomic E-state index is 0.0122. The molecule has 1 aromatic rings. The quantitative estimate of drug-likeness (QED) is 0.645. The van der Waals surface area contributed by atoms with Crippen molar-refractivity contribution in [1.29, 1.82) is 0 Å². The molecule has 0 aliphatic carbocycles.